The van der Waals surface area contributed by atoms with Gasteiger partial charge in [0.1, 0.15) is 6.10 Å². The third kappa shape index (κ3) is 3.51. The third-order valence-corrected chi connectivity index (χ3v) is 7.85. The van der Waals surface area contributed by atoms with Gasteiger partial charge in [-0.05, 0) is 68.3 Å². The number of hydrogen-bond donors (Lipinski definition) is 3. The summed E-state index contributed by atoms with van der Waals surface area (Å²) in [4.78, 5) is 10.8. The summed E-state index contributed by atoms with van der Waals surface area (Å²) in [6, 6.07) is 0. The van der Waals surface area contributed by atoms with Crippen LogP contribution in [0.4, 0.5) is 0 Å². The van der Waals surface area contributed by atoms with Crippen LogP contribution in [-0.4, -0.2) is 46.2 Å². The SMILES string of the molecule is CO[C@]12CC[C@@H](O)[C@H](C#CC(O)CC3C4CCCC43)[C@H]1CC2=CCCC(=O)O. The lowest BCUT2D eigenvalue weighted by Gasteiger charge is -2.57. The first kappa shape index (κ1) is 19.9. The van der Waals surface area contributed by atoms with Crippen LogP contribution in [0.15, 0.2) is 11.6 Å². The van der Waals surface area contributed by atoms with E-state index in [1.165, 1.54) is 19.3 Å². The summed E-state index contributed by atoms with van der Waals surface area (Å²) in [5.41, 5.74) is 0.724. The molecule has 4 saturated carbocycles. The third-order valence-electron chi connectivity index (χ3n) is 7.85. The van der Waals surface area contributed by atoms with Gasteiger partial charge in [-0.1, -0.05) is 24.3 Å². The van der Waals surface area contributed by atoms with Gasteiger partial charge in [0.05, 0.1) is 17.6 Å². The predicted octanol–water partition coefficient (Wildman–Crippen LogP) is 2.75. The highest BCUT2D eigenvalue weighted by atomic mass is 16.5. The lowest BCUT2D eigenvalue weighted by Crippen LogP contribution is -2.59. The number of carbonyl (C=O) groups is 1. The second-order valence-electron chi connectivity index (χ2n) is 9.16. The largest absolute Gasteiger partial charge is 0.481 e. The van der Waals surface area contributed by atoms with Crippen LogP contribution < -0.4 is 0 Å². The molecule has 154 valence electrons. The fourth-order valence-corrected chi connectivity index (χ4v) is 6.29. The van der Waals surface area contributed by atoms with Gasteiger partial charge in [-0.25, -0.2) is 0 Å². The predicted molar refractivity (Wildman–Crippen MR) is 104 cm³/mol. The number of aliphatic hydroxyl groups is 2. The van der Waals surface area contributed by atoms with Gasteiger partial charge in [-0.3, -0.25) is 4.79 Å². The van der Waals surface area contributed by atoms with Crippen molar-refractivity contribution in [3.63, 3.8) is 0 Å². The van der Waals surface area contributed by atoms with Crippen LogP contribution >= 0.6 is 0 Å². The Morgan fingerprint density at radius 3 is 2.79 bits per heavy atom. The van der Waals surface area contributed by atoms with Gasteiger partial charge in [0.25, 0.3) is 0 Å². The van der Waals surface area contributed by atoms with Crippen molar-refractivity contribution in [3.05, 3.63) is 11.6 Å². The van der Waals surface area contributed by atoms with Crippen LogP contribution in [0, 0.1) is 41.4 Å². The standard InChI is InChI=1S/C23H32O5/c1-28-23-11-10-21(25)18(20(23)12-14(23)4-2-7-22(26)27)9-8-15(24)13-19-16-5-3-6-17(16)19/h4,15-21,24-25H,2-3,5-7,10-13H2,1H3,(H,26,27)/t15?,16?,17?,18-,19?,20-,21-,23+/m1/s1. The molecular formula is C23H32O5. The highest BCUT2D eigenvalue weighted by Gasteiger charge is 2.58. The Kier molecular flexibility index (Phi) is 5.57. The molecule has 0 aromatic carbocycles. The fraction of sp³-hybridized carbons (Fsp3) is 0.783. The van der Waals surface area contributed by atoms with E-state index in [1.807, 2.05) is 6.08 Å². The van der Waals surface area contributed by atoms with Crippen molar-refractivity contribution >= 4 is 5.97 Å². The average molecular weight is 389 g/mol. The summed E-state index contributed by atoms with van der Waals surface area (Å²) in [5, 5.41) is 29.8. The molecule has 7 atom stereocenters. The second kappa shape index (κ2) is 7.82. The summed E-state index contributed by atoms with van der Waals surface area (Å²) < 4.78 is 5.90. The van der Waals surface area contributed by atoms with E-state index in [0.717, 1.165) is 36.7 Å². The van der Waals surface area contributed by atoms with E-state index in [0.29, 0.717) is 18.8 Å². The van der Waals surface area contributed by atoms with Gasteiger partial charge >= 0.3 is 5.97 Å². The van der Waals surface area contributed by atoms with Gasteiger partial charge in [0.15, 0.2) is 0 Å². The van der Waals surface area contributed by atoms with Crippen LogP contribution in [0.1, 0.15) is 57.8 Å². The first-order valence-corrected chi connectivity index (χ1v) is 10.8. The maximum atomic E-state index is 10.8. The van der Waals surface area contributed by atoms with Crippen LogP contribution in [0.2, 0.25) is 0 Å². The molecule has 4 fully saturated rings. The van der Waals surface area contributed by atoms with Crippen molar-refractivity contribution in [2.24, 2.45) is 29.6 Å². The number of carboxylic acid groups (broad SMARTS) is 1. The van der Waals surface area contributed by atoms with Gasteiger partial charge in [0, 0.05) is 19.4 Å². The van der Waals surface area contributed by atoms with E-state index >= 15 is 0 Å². The summed E-state index contributed by atoms with van der Waals surface area (Å²) in [5.74, 6) is 7.65. The molecule has 3 N–H and O–H groups in total. The lowest BCUT2D eigenvalue weighted by atomic mass is 9.53. The number of allylic oxidation sites excluding steroid dienone is 1. The Labute approximate surface area is 167 Å². The molecule has 28 heavy (non-hydrogen) atoms. The Bertz CT molecular complexity index is 694. The van der Waals surface area contributed by atoms with Crippen LogP contribution in [0.5, 0.6) is 0 Å². The molecule has 0 amide bonds. The second-order valence-corrected chi connectivity index (χ2v) is 9.16. The normalized spacial score (nSPS) is 43.3. The van der Waals surface area contributed by atoms with Crippen molar-refractivity contribution < 1.29 is 24.9 Å². The molecule has 5 heteroatoms. The Morgan fingerprint density at radius 1 is 1.36 bits per heavy atom. The van der Waals surface area contributed by atoms with E-state index in [-0.39, 0.29) is 18.3 Å². The molecule has 0 aromatic rings. The molecule has 0 heterocycles. The Balaban J connectivity index is 1.39. The first-order chi connectivity index (χ1) is 13.5. The highest BCUT2D eigenvalue weighted by molar-refractivity contribution is 5.66. The summed E-state index contributed by atoms with van der Waals surface area (Å²) >= 11 is 0. The quantitative estimate of drug-likeness (QED) is 0.481. The van der Waals surface area contributed by atoms with Crippen molar-refractivity contribution in [1.29, 1.82) is 0 Å². The minimum atomic E-state index is -0.796. The molecule has 0 saturated heterocycles. The molecule has 0 bridgehead atoms. The van der Waals surface area contributed by atoms with Crippen LogP contribution in [0.25, 0.3) is 0 Å². The number of rotatable bonds is 6. The summed E-state index contributed by atoms with van der Waals surface area (Å²) in [6.07, 6.45) is 8.39. The minimum Gasteiger partial charge on any atom is -0.481 e. The van der Waals surface area contributed by atoms with E-state index in [2.05, 4.69) is 11.8 Å². The number of methoxy groups -OCH3 is 1. The van der Waals surface area contributed by atoms with Crippen molar-refractivity contribution in [2.75, 3.05) is 7.11 Å². The van der Waals surface area contributed by atoms with Gasteiger partial charge < -0.3 is 20.1 Å². The monoisotopic (exact) mass is 388 g/mol. The van der Waals surface area contributed by atoms with E-state index < -0.39 is 23.8 Å². The maximum absolute atomic E-state index is 10.8. The Hall–Kier alpha value is -1.35. The lowest BCUT2D eigenvalue weighted by molar-refractivity contribution is -0.139. The van der Waals surface area contributed by atoms with Gasteiger partial charge in [0.2, 0.25) is 0 Å². The van der Waals surface area contributed by atoms with Gasteiger partial charge in [-0.15, -0.1) is 0 Å². The molecule has 4 aliphatic carbocycles. The van der Waals surface area contributed by atoms with Crippen molar-refractivity contribution in [1.82, 2.24) is 0 Å². The molecule has 3 unspecified atom stereocenters. The maximum Gasteiger partial charge on any atom is 0.303 e. The summed E-state index contributed by atoms with van der Waals surface area (Å²) in [6.45, 7) is 0. The van der Waals surface area contributed by atoms with Crippen molar-refractivity contribution in [3.8, 4) is 11.8 Å². The zero-order valence-corrected chi connectivity index (χ0v) is 16.6. The van der Waals surface area contributed by atoms with Crippen LogP contribution in [-0.2, 0) is 9.53 Å². The molecule has 5 nitrogen and oxygen atoms in total. The van der Waals surface area contributed by atoms with Crippen molar-refractivity contribution in [2.45, 2.75) is 75.6 Å². The molecule has 4 aliphatic rings. The zero-order valence-electron chi connectivity index (χ0n) is 16.6. The smallest absolute Gasteiger partial charge is 0.303 e. The fourth-order valence-electron chi connectivity index (χ4n) is 6.29. The molecule has 4 rings (SSSR count). The van der Waals surface area contributed by atoms with E-state index in [9.17, 15) is 15.0 Å². The first-order valence-electron chi connectivity index (χ1n) is 10.8. The average Bonchev–Trinajstić information content (AvgIpc) is 3.06. The number of aliphatic hydroxyl groups excluding tert-OH is 2. The molecule has 0 aromatic heterocycles. The highest BCUT2D eigenvalue weighted by Crippen LogP contribution is 2.59. The van der Waals surface area contributed by atoms with E-state index in [1.54, 1.807) is 7.11 Å². The number of aliphatic carboxylic acids is 1. The number of hydrogen-bond acceptors (Lipinski definition) is 4. The molecule has 0 spiro atoms. The number of ether oxygens (including phenoxy) is 1. The molecule has 0 radical (unpaired) electrons. The zero-order chi connectivity index (χ0) is 19.9. The minimum absolute atomic E-state index is 0.109. The topological polar surface area (TPSA) is 87.0 Å². The number of fused-ring (bicyclic) bond motifs is 2. The van der Waals surface area contributed by atoms with E-state index in [4.69, 9.17) is 9.84 Å². The summed E-state index contributed by atoms with van der Waals surface area (Å²) in [7, 11) is 1.69. The Morgan fingerprint density at radius 2 is 2.11 bits per heavy atom. The molecular weight excluding hydrogens is 356 g/mol. The van der Waals surface area contributed by atoms with Crippen LogP contribution in [0.3, 0.4) is 0 Å². The van der Waals surface area contributed by atoms with Gasteiger partial charge in [-0.2, -0.15) is 0 Å². The molecule has 0 aliphatic heterocycles. The number of carboxylic acids is 1.